The molecular weight excluding hydrogens is 392 g/mol. The molecular formula is C21H21ClN4O3. The van der Waals surface area contributed by atoms with Gasteiger partial charge >= 0.3 is 0 Å². The van der Waals surface area contributed by atoms with E-state index in [1.165, 1.54) is 0 Å². The first kappa shape index (κ1) is 20.4. The minimum absolute atomic E-state index is 0.0287. The number of rotatable bonds is 6. The van der Waals surface area contributed by atoms with Crippen molar-refractivity contribution in [2.24, 2.45) is 0 Å². The summed E-state index contributed by atoms with van der Waals surface area (Å²) in [6.07, 6.45) is 0. The standard InChI is InChI=1S/C21H21ClN4O3/c1-14-11-15(2)26(25-14)12-20(27)23-24-21(28)17-5-3-16(4-6-17)13-29-19-9-7-18(22)8-10-19/h3-11H,12-13H2,1-2H3,(H,23,27)(H,24,28). The monoisotopic (exact) mass is 412 g/mol. The number of hydrogen-bond acceptors (Lipinski definition) is 4. The fraction of sp³-hybridized carbons (Fsp3) is 0.190. The van der Waals surface area contributed by atoms with Crippen LogP contribution in [0.4, 0.5) is 0 Å². The van der Waals surface area contributed by atoms with Gasteiger partial charge in [-0.15, -0.1) is 0 Å². The first-order valence-electron chi connectivity index (χ1n) is 8.98. The number of carbonyl (C=O) groups excluding carboxylic acids is 2. The molecule has 0 saturated heterocycles. The van der Waals surface area contributed by atoms with Gasteiger partial charge in [-0.05, 0) is 61.9 Å². The lowest BCUT2D eigenvalue weighted by Crippen LogP contribution is -2.43. The Hall–Kier alpha value is -3.32. The molecule has 2 amide bonds. The second-order valence-corrected chi connectivity index (χ2v) is 6.96. The highest BCUT2D eigenvalue weighted by molar-refractivity contribution is 6.30. The molecule has 0 atom stereocenters. The number of ether oxygens (including phenoxy) is 1. The Morgan fingerprint density at radius 1 is 1.03 bits per heavy atom. The van der Waals surface area contributed by atoms with E-state index in [1.54, 1.807) is 53.2 Å². The van der Waals surface area contributed by atoms with Gasteiger partial charge in [0.2, 0.25) is 0 Å². The van der Waals surface area contributed by atoms with Crippen LogP contribution in [0.1, 0.15) is 27.3 Å². The molecule has 0 unspecified atom stereocenters. The topological polar surface area (TPSA) is 85.2 Å². The molecule has 0 fully saturated rings. The Labute approximate surface area is 173 Å². The molecule has 29 heavy (non-hydrogen) atoms. The van der Waals surface area contributed by atoms with Crippen molar-refractivity contribution in [2.45, 2.75) is 27.0 Å². The van der Waals surface area contributed by atoms with E-state index in [4.69, 9.17) is 16.3 Å². The average Bonchev–Trinajstić information content (AvgIpc) is 3.02. The van der Waals surface area contributed by atoms with Gasteiger partial charge in [-0.1, -0.05) is 23.7 Å². The maximum Gasteiger partial charge on any atom is 0.269 e. The molecule has 0 aliphatic heterocycles. The Balaban J connectivity index is 1.47. The fourth-order valence-electron chi connectivity index (χ4n) is 2.66. The number of halogens is 1. The summed E-state index contributed by atoms with van der Waals surface area (Å²) in [5.74, 6) is -0.0593. The molecule has 0 aliphatic rings. The van der Waals surface area contributed by atoms with Crippen LogP contribution in [0.15, 0.2) is 54.6 Å². The number of benzene rings is 2. The summed E-state index contributed by atoms with van der Waals surface area (Å²) in [5.41, 5.74) is 7.84. The van der Waals surface area contributed by atoms with Crippen LogP contribution in [0.25, 0.3) is 0 Å². The molecule has 1 aromatic heterocycles. The summed E-state index contributed by atoms with van der Waals surface area (Å²) < 4.78 is 7.25. The lowest BCUT2D eigenvalue weighted by atomic mass is 10.1. The number of aromatic nitrogens is 2. The fourth-order valence-corrected chi connectivity index (χ4v) is 2.79. The molecule has 7 nitrogen and oxygen atoms in total. The predicted octanol–water partition coefficient (Wildman–Crippen LogP) is 3.19. The van der Waals surface area contributed by atoms with E-state index in [1.807, 2.05) is 19.9 Å². The van der Waals surface area contributed by atoms with E-state index in [2.05, 4.69) is 16.0 Å². The Morgan fingerprint density at radius 2 is 1.72 bits per heavy atom. The van der Waals surface area contributed by atoms with Crippen molar-refractivity contribution in [3.8, 4) is 5.75 Å². The molecule has 8 heteroatoms. The summed E-state index contributed by atoms with van der Waals surface area (Å²) in [6, 6.07) is 15.9. The SMILES string of the molecule is Cc1cc(C)n(CC(=O)NNC(=O)c2ccc(COc3ccc(Cl)cc3)cc2)n1. The highest BCUT2D eigenvalue weighted by atomic mass is 35.5. The van der Waals surface area contributed by atoms with E-state index >= 15 is 0 Å². The Morgan fingerprint density at radius 3 is 2.34 bits per heavy atom. The van der Waals surface area contributed by atoms with Crippen molar-refractivity contribution >= 4 is 23.4 Å². The van der Waals surface area contributed by atoms with E-state index in [9.17, 15) is 9.59 Å². The summed E-state index contributed by atoms with van der Waals surface area (Å²) >= 11 is 5.85. The number of hydrazine groups is 1. The van der Waals surface area contributed by atoms with Crippen molar-refractivity contribution in [3.05, 3.63) is 82.1 Å². The second-order valence-electron chi connectivity index (χ2n) is 6.53. The van der Waals surface area contributed by atoms with Gasteiger partial charge in [-0.2, -0.15) is 5.10 Å². The molecule has 0 radical (unpaired) electrons. The van der Waals surface area contributed by atoms with Crippen LogP contribution >= 0.6 is 11.6 Å². The quantitative estimate of drug-likeness (QED) is 0.609. The van der Waals surface area contributed by atoms with E-state index in [0.717, 1.165) is 17.0 Å². The first-order chi connectivity index (χ1) is 13.9. The van der Waals surface area contributed by atoms with Crippen LogP contribution in [-0.2, 0) is 17.9 Å². The van der Waals surface area contributed by atoms with Crippen LogP contribution < -0.4 is 15.6 Å². The van der Waals surface area contributed by atoms with Gasteiger partial charge in [0.15, 0.2) is 0 Å². The number of hydrogen-bond donors (Lipinski definition) is 2. The Bertz CT molecular complexity index is 998. The smallest absolute Gasteiger partial charge is 0.269 e. The van der Waals surface area contributed by atoms with Gasteiger partial charge < -0.3 is 4.74 Å². The number of carbonyl (C=O) groups is 2. The highest BCUT2D eigenvalue weighted by Gasteiger charge is 2.10. The lowest BCUT2D eigenvalue weighted by molar-refractivity contribution is -0.122. The molecule has 0 bridgehead atoms. The van der Waals surface area contributed by atoms with Crippen LogP contribution in [0.2, 0.25) is 5.02 Å². The lowest BCUT2D eigenvalue weighted by Gasteiger charge is -2.09. The molecule has 2 N–H and O–H groups in total. The molecule has 150 valence electrons. The average molecular weight is 413 g/mol. The van der Waals surface area contributed by atoms with Crippen LogP contribution in [0.3, 0.4) is 0 Å². The Kier molecular flexibility index (Phi) is 6.51. The molecule has 2 aromatic carbocycles. The summed E-state index contributed by atoms with van der Waals surface area (Å²) in [7, 11) is 0. The van der Waals surface area contributed by atoms with Crippen molar-refractivity contribution in [2.75, 3.05) is 0 Å². The van der Waals surface area contributed by atoms with Gasteiger partial charge in [0.05, 0.1) is 5.69 Å². The van der Waals surface area contributed by atoms with Crippen molar-refractivity contribution in [1.82, 2.24) is 20.6 Å². The number of nitrogens with one attached hydrogen (secondary N) is 2. The third kappa shape index (κ3) is 5.83. The number of aryl methyl sites for hydroxylation is 2. The van der Waals surface area contributed by atoms with Crippen molar-refractivity contribution in [1.29, 1.82) is 0 Å². The van der Waals surface area contributed by atoms with Crippen molar-refractivity contribution < 1.29 is 14.3 Å². The molecule has 0 aliphatic carbocycles. The molecule has 3 rings (SSSR count). The highest BCUT2D eigenvalue weighted by Crippen LogP contribution is 2.17. The zero-order valence-corrected chi connectivity index (χ0v) is 16.9. The molecule has 0 spiro atoms. The number of amides is 2. The van der Waals surface area contributed by atoms with Crippen molar-refractivity contribution in [3.63, 3.8) is 0 Å². The van der Waals surface area contributed by atoms with Gasteiger partial charge in [-0.25, -0.2) is 0 Å². The zero-order chi connectivity index (χ0) is 20.8. The maximum absolute atomic E-state index is 12.2. The summed E-state index contributed by atoms with van der Waals surface area (Å²) in [6.45, 7) is 4.11. The molecule has 1 heterocycles. The van der Waals surface area contributed by atoms with E-state index < -0.39 is 5.91 Å². The zero-order valence-electron chi connectivity index (χ0n) is 16.1. The third-order valence-corrected chi connectivity index (χ3v) is 4.40. The van der Waals surface area contributed by atoms with Gasteiger partial charge in [-0.3, -0.25) is 25.1 Å². The van der Waals surface area contributed by atoms with Crippen LogP contribution in [-0.4, -0.2) is 21.6 Å². The van der Waals surface area contributed by atoms with Gasteiger partial charge in [0, 0.05) is 16.3 Å². The maximum atomic E-state index is 12.2. The molecule has 3 aromatic rings. The van der Waals surface area contributed by atoms with Crippen LogP contribution in [0.5, 0.6) is 5.75 Å². The molecule has 0 saturated carbocycles. The van der Waals surface area contributed by atoms with E-state index in [0.29, 0.717) is 22.9 Å². The largest absolute Gasteiger partial charge is 0.489 e. The van der Waals surface area contributed by atoms with Crippen LogP contribution in [0, 0.1) is 13.8 Å². The second kappa shape index (κ2) is 9.25. The number of nitrogens with zero attached hydrogens (tertiary/aromatic N) is 2. The normalized spacial score (nSPS) is 10.4. The predicted molar refractivity (Wildman–Crippen MR) is 110 cm³/mol. The van der Waals surface area contributed by atoms with Gasteiger partial charge in [0.1, 0.15) is 18.9 Å². The summed E-state index contributed by atoms with van der Waals surface area (Å²) in [5, 5.41) is 4.86. The minimum atomic E-state index is -0.406. The summed E-state index contributed by atoms with van der Waals surface area (Å²) in [4.78, 5) is 24.2. The van der Waals surface area contributed by atoms with Gasteiger partial charge in [0.25, 0.3) is 11.8 Å². The van der Waals surface area contributed by atoms with E-state index in [-0.39, 0.29) is 12.5 Å². The first-order valence-corrected chi connectivity index (χ1v) is 9.36. The third-order valence-electron chi connectivity index (χ3n) is 4.15. The minimum Gasteiger partial charge on any atom is -0.489 e.